The Morgan fingerprint density at radius 2 is 0.754 bits per heavy atom. The van der Waals surface area contributed by atoms with Gasteiger partial charge < -0.3 is 47.4 Å². The molecule has 0 unspecified atom stereocenters. The van der Waals surface area contributed by atoms with Crippen molar-refractivity contribution in [1.29, 1.82) is 0 Å². The molecule has 0 N–H and O–H groups in total. The second-order valence-corrected chi connectivity index (χ2v) is 14.7. The highest BCUT2D eigenvalue weighted by Gasteiger charge is 2.41. The summed E-state index contributed by atoms with van der Waals surface area (Å²) in [6, 6.07) is 21.7. The quantitative estimate of drug-likeness (QED) is 0.0407. The number of hydrogen-bond acceptors (Lipinski definition) is 10. The number of methoxy groups -OCH3 is 4. The first kappa shape index (κ1) is 47.1. The van der Waals surface area contributed by atoms with Crippen LogP contribution in [0.2, 0.25) is 0 Å². The fourth-order valence-electron chi connectivity index (χ4n) is 8.05. The Bertz CT molecular complexity index is 1840. The van der Waals surface area contributed by atoms with Crippen LogP contribution in [0.15, 0.2) is 60.7 Å². The van der Waals surface area contributed by atoms with Crippen molar-refractivity contribution in [2.45, 2.75) is 58.8 Å². The molecule has 330 valence electrons. The molecule has 0 radical (unpaired) electrons. The predicted molar refractivity (Wildman–Crippen MR) is 245 cm³/mol. The van der Waals surface area contributed by atoms with Gasteiger partial charge in [-0.2, -0.15) is 0 Å². The smallest absolute Gasteiger partial charge is 0.203 e. The van der Waals surface area contributed by atoms with E-state index in [1.54, 1.807) is 28.4 Å². The molecule has 0 spiro atoms. The zero-order valence-corrected chi connectivity index (χ0v) is 37.6. The molecule has 0 saturated carbocycles. The summed E-state index contributed by atoms with van der Waals surface area (Å²) in [4.78, 5) is 0. The summed E-state index contributed by atoms with van der Waals surface area (Å²) in [5.41, 5.74) is 9.45. The van der Waals surface area contributed by atoms with E-state index in [4.69, 9.17) is 47.4 Å². The van der Waals surface area contributed by atoms with Crippen molar-refractivity contribution in [2.75, 3.05) is 94.5 Å². The molecule has 0 atom stereocenters. The molecule has 0 bridgehead atoms. The van der Waals surface area contributed by atoms with E-state index in [2.05, 4.69) is 74.5 Å². The SMILES string of the molecule is CCCC1(CCC)c2cc(/C=C/c3cc(OC)c(OCCOCCOCC)c(OC)c3)ccc2-c2ccc(/C=C/c3cc(OC)c(OCCOCCOCC)c(OC)c3)cc21. The van der Waals surface area contributed by atoms with E-state index in [1.165, 1.54) is 22.3 Å². The van der Waals surface area contributed by atoms with Crippen LogP contribution in [0.25, 0.3) is 35.4 Å². The van der Waals surface area contributed by atoms with E-state index < -0.39 is 0 Å². The maximum atomic E-state index is 6.05. The van der Waals surface area contributed by atoms with Crippen molar-refractivity contribution < 1.29 is 47.4 Å². The molecule has 5 rings (SSSR count). The molecule has 0 aliphatic heterocycles. The number of benzene rings is 4. The van der Waals surface area contributed by atoms with Crippen LogP contribution < -0.4 is 28.4 Å². The summed E-state index contributed by atoms with van der Waals surface area (Å²) >= 11 is 0. The lowest BCUT2D eigenvalue weighted by Crippen LogP contribution is -2.25. The molecular formula is C51H66O10. The maximum absolute atomic E-state index is 6.05. The van der Waals surface area contributed by atoms with Gasteiger partial charge in [-0.15, -0.1) is 0 Å². The van der Waals surface area contributed by atoms with Crippen LogP contribution >= 0.6 is 0 Å². The second-order valence-electron chi connectivity index (χ2n) is 14.7. The standard InChI is InChI=1S/C51H66O10/c1-9-21-51(22-10-2)43-31-37(13-15-39-33-45(52-5)49(46(34-39)53-6)60-29-27-58-25-23-56-11-3)17-19-41(43)42-20-18-38(32-44(42)51)14-16-40-35-47(54-7)50(48(36-40)55-8)61-30-28-59-26-24-57-12-4/h13-20,31-36H,9-12,21-30H2,1-8H3/b15-13+,16-14+. The molecule has 10 heteroatoms. The van der Waals surface area contributed by atoms with Crippen molar-refractivity contribution in [3.8, 4) is 45.6 Å². The zero-order valence-electron chi connectivity index (χ0n) is 37.6. The van der Waals surface area contributed by atoms with Crippen molar-refractivity contribution in [1.82, 2.24) is 0 Å². The van der Waals surface area contributed by atoms with Crippen molar-refractivity contribution >= 4 is 24.3 Å². The largest absolute Gasteiger partial charge is 0.493 e. The van der Waals surface area contributed by atoms with Crippen LogP contribution in [0, 0.1) is 0 Å². The monoisotopic (exact) mass is 838 g/mol. The topological polar surface area (TPSA) is 92.3 Å². The highest BCUT2D eigenvalue weighted by atomic mass is 16.6. The third kappa shape index (κ3) is 12.1. The number of rotatable bonds is 28. The average Bonchev–Trinajstić information content (AvgIpc) is 3.54. The Balaban J connectivity index is 1.36. The lowest BCUT2D eigenvalue weighted by Gasteiger charge is -2.32. The van der Waals surface area contributed by atoms with Gasteiger partial charge in [-0.3, -0.25) is 0 Å². The van der Waals surface area contributed by atoms with Gasteiger partial charge in [-0.25, -0.2) is 0 Å². The Labute approximate surface area is 363 Å². The normalized spacial score (nSPS) is 12.8. The van der Waals surface area contributed by atoms with Gasteiger partial charge in [0.2, 0.25) is 11.5 Å². The van der Waals surface area contributed by atoms with Gasteiger partial charge in [0.25, 0.3) is 0 Å². The summed E-state index contributed by atoms with van der Waals surface area (Å²) in [5, 5.41) is 0. The van der Waals surface area contributed by atoms with Crippen LogP contribution in [0.4, 0.5) is 0 Å². The molecule has 0 saturated heterocycles. The average molecular weight is 839 g/mol. The van der Waals surface area contributed by atoms with Gasteiger partial charge in [-0.05, 0) is 95.5 Å². The van der Waals surface area contributed by atoms with E-state index in [9.17, 15) is 0 Å². The molecule has 4 aromatic rings. The van der Waals surface area contributed by atoms with Crippen LogP contribution in [-0.2, 0) is 24.4 Å². The number of fused-ring (bicyclic) bond motifs is 3. The highest BCUT2D eigenvalue weighted by molar-refractivity contribution is 5.85. The number of ether oxygens (including phenoxy) is 10. The van der Waals surface area contributed by atoms with Gasteiger partial charge >= 0.3 is 0 Å². The van der Waals surface area contributed by atoms with Crippen LogP contribution in [0.5, 0.6) is 34.5 Å². The minimum atomic E-state index is -0.0990. The zero-order chi connectivity index (χ0) is 43.5. The molecule has 0 fully saturated rings. The Morgan fingerprint density at radius 3 is 1.10 bits per heavy atom. The third-order valence-electron chi connectivity index (χ3n) is 10.8. The van der Waals surface area contributed by atoms with Gasteiger partial charge in [0.15, 0.2) is 23.0 Å². The first-order valence-electron chi connectivity index (χ1n) is 21.6. The summed E-state index contributed by atoms with van der Waals surface area (Å²) in [5.74, 6) is 3.51. The Hall–Kier alpha value is -5.00. The van der Waals surface area contributed by atoms with Gasteiger partial charge in [0, 0.05) is 18.6 Å². The molecule has 1 aliphatic carbocycles. The van der Waals surface area contributed by atoms with E-state index in [0.29, 0.717) is 101 Å². The maximum Gasteiger partial charge on any atom is 0.203 e. The van der Waals surface area contributed by atoms with Crippen LogP contribution in [0.3, 0.4) is 0 Å². The molecular weight excluding hydrogens is 773 g/mol. The van der Waals surface area contributed by atoms with Crippen molar-refractivity contribution in [2.24, 2.45) is 0 Å². The van der Waals surface area contributed by atoms with E-state index in [1.807, 2.05) is 38.1 Å². The fraction of sp³-hybridized carbons (Fsp3) is 0.451. The molecule has 0 amide bonds. The minimum Gasteiger partial charge on any atom is -0.493 e. The molecule has 4 aromatic carbocycles. The third-order valence-corrected chi connectivity index (χ3v) is 10.8. The predicted octanol–water partition coefficient (Wildman–Crippen LogP) is 10.8. The molecule has 61 heavy (non-hydrogen) atoms. The first-order valence-corrected chi connectivity index (χ1v) is 21.6. The molecule has 0 heterocycles. The van der Waals surface area contributed by atoms with Crippen molar-refractivity contribution in [3.05, 3.63) is 94.0 Å². The summed E-state index contributed by atoms with van der Waals surface area (Å²) < 4.78 is 57.0. The fourth-order valence-corrected chi connectivity index (χ4v) is 8.05. The van der Waals surface area contributed by atoms with Crippen LogP contribution in [0.1, 0.15) is 86.8 Å². The Kier molecular flexibility index (Phi) is 18.9. The van der Waals surface area contributed by atoms with E-state index in [-0.39, 0.29) is 5.41 Å². The lowest BCUT2D eigenvalue weighted by atomic mass is 9.71. The van der Waals surface area contributed by atoms with E-state index in [0.717, 1.165) is 47.9 Å². The molecule has 0 aromatic heterocycles. The van der Waals surface area contributed by atoms with Gasteiger partial charge in [0.1, 0.15) is 13.2 Å². The minimum absolute atomic E-state index is 0.0990. The first-order chi connectivity index (χ1) is 29.9. The highest BCUT2D eigenvalue weighted by Crippen LogP contribution is 2.54. The number of hydrogen-bond donors (Lipinski definition) is 0. The van der Waals surface area contributed by atoms with Gasteiger partial charge in [-0.1, -0.05) is 87.4 Å². The summed E-state index contributed by atoms with van der Waals surface area (Å²) in [6.45, 7) is 13.6. The summed E-state index contributed by atoms with van der Waals surface area (Å²) in [6.07, 6.45) is 12.8. The summed E-state index contributed by atoms with van der Waals surface area (Å²) in [7, 11) is 6.56. The second kappa shape index (κ2) is 24.4. The van der Waals surface area contributed by atoms with Crippen LogP contribution in [-0.4, -0.2) is 94.5 Å². The molecule has 10 nitrogen and oxygen atoms in total. The van der Waals surface area contributed by atoms with E-state index >= 15 is 0 Å². The molecule has 1 aliphatic rings. The van der Waals surface area contributed by atoms with Gasteiger partial charge in [0.05, 0.1) is 68.1 Å². The van der Waals surface area contributed by atoms with Crippen molar-refractivity contribution in [3.63, 3.8) is 0 Å². The Morgan fingerprint density at radius 1 is 0.410 bits per heavy atom. The lowest BCUT2D eigenvalue weighted by molar-refractivity contribution is 0.0398.